The molecule has 1 amide bonds. The van der Waals surface area contributed by atoms with Crippen LogP contribution in [0.2, 0.25) is 0 Å². The number of nitrogens with one attached hydrogen (secondary N) is 1. The van der Waals surface area contributed by atoms with Crippen LogP contribution >= 0.6 is 0 Å². The Morgan fingerprint density at radius 2 is 1.97 bits per heavy atom. The van der Waals surface area contributed by atoms with Crippen LogP contribution in [0.25, 0.3) is 17.2 Å². The zero-order valence-electron chi connectivity index (χ0n) is 18.4. The Morgan fingerprint density at radius 1 is 1.11 bits per heavy atom. The Balaban J connectivity index is 1.29. The summed E-state index contributed by atoms with van der Waals surface area (Å²) in [6.45, 7) is 0.0380. The van der Waals surface area contributed by atoms with Crippen molar-refractivity contribution < 1.29 is 23.0 Å². The summed E-state index contributed by atoms with van der Waals surface area (Å²) in [5.41, 5.74) is 2.62. The SMILES string of the molecule is O=C(NCc1cccc(F)c1F)c1cnn(-c2nccc(-c3ccc4c(c3)OCO4)n2)c1C1CC1. The van der Waals surface area contributed by atoms with Crippen molar-refractivity contribution in [1.82, 2.24) is 25.1 Å². The van der Waals surface area contributed by atoms with E-state index in [4.69, 9.17) is 9.47 Å². The van der Waals surface area contributed by atoms with Gasteiger partial charge in [0.25, 0.3) is 11.9 Å². The number of nitrogens with zero attached hydrogens (tertiary/aromatic N) is 4. The van der Waals surface area contributed by atoms with E-state index >= 15 is 0 Å². The molecule has 1 saturated carbocycles. The molecule has 1 N–H and O–H groups in total. The largest absolute Gasteiger partial charge is 0.454 e. The van der Waals surface area contributed by atoms with E-state index in [0.29, 0.717) is 34.4 Å². The number of carbonyl (C=O) groups is 1. The second-order valence-electron chi connectivity index (χ2n) is 8.34. The zero-order chi connectivity index (χ0) is 23.9. The Hall–Kier alpha value is -4.34. The number of carbonyl (C=O) groups excluding carboxylic acids is 1. The van der Waals surface area contributed by atoms with Crippen molar-refractivity contribution in [3.05, 3.63) is 83.3 Å². The van der Waals surface area contributed by atoms with Crippen molar-refractivity contribution in [2.24, 2.45) is 0 Å². The molecule has 2 aromatic heterocycles. The van der Waals surface area contributed by atoms with Crippen molar-refractivity contribution in [2.75, 3.05) is 6.79 Å². The van der Waals surface area contributed by atoms with Crippen LogP contribution in [-0.4, -0.2) is 32.4 Å². The predicted molar refractivity (Wildman–Crippen MR) is 120 cm³/mol. The average Bonchev–Trinajstić information content (AvgIpc) is 3.44. The molecule has 1 aliphatic carbocycles. The Morgan fingerprint density at radius 3 is 2.83 bits per heavy atom. The summed E-state index contributed by atoms with van der Waals surface area (Å²) in [4.78, 5) is 22.0. The lowest BCUT2D eigenvalue weighted by Crippen LogP contribution is -2.24. The van der Waals surface area contributed by atoms with Gasteiger partial charge in [0.05, 0.1) is 23.1 Å². The topological polar surface area (TPSA) is 91.2 Å². The minimum absolute atomic E-state index is 0.0680. The fourth-order valence-corrected chi connectivity index (χ4v) is 4.06. The van der Waals surface area contributed by atoms with Gasteiger partial charge in [0.2, 0.25) is 6.79 Å². The van der Waals surface area contributed by atoms with Crippen LogP contribution in [-0.2, 0) is 6.54 Å². The number of ether oxygens (including phenoxy) is 2. The molecular weight excluding hydrogens is 456 g/mol. The first kappa shape index (κ1) is 21.2. The van der Waals surface area contributed by atoms with Gasteiger partial charge in [0.1, 0.15) is 0 Å². The molecule has 6 rings (SSSR count). The predicted octanol–water partition coefficient (Wildman–Crippen LogP) is 4.14. The summed E-state index contributed by atoms with van der Waals surface area (Å²) in [5, 5.41) is 7.07. The first-order valence-corrected chi connectivity index (χ1v) is 11.1. The lowest BCUT2D eigenvalue weighted by molar-refractivity contribution is 0.0949. The molecule has 0 saturated heterocycles. The standard InChI is InChI=1S/C25H19F2N5O3/c26-18-3-1-2-16(22(18)27)11-29-24(33)17-12-30-32(23(17)14-4-5-14)25-28-9-8-19(31-25)15-6-7-20-21(10-15)35-13-34-20/h1-3,6-10,12,14H,4-5,11,13H2,(H,29,33). The van der Waals surface area contributed by atoms with E-state index in [-0.39, 0.29) is 24.8 Å². The molecule has 176 valence electrons. The molecule has 10 heteroatoms. The smallest absolute Gasteiger partial charge is 0.255 e. The maximum absolute atomic E-state index is 14.0. The quantitative estimate of drug-likeness (QED) is 0.451. The van der Waals surface area contributed by atoms with Crippen molar-refractivity contribution in [2.45, 2.75) is 25.3 Å². The number of aromatic nitrogens is 4. The lowest BCUT2D eigenvalue weighted by atomic mass is 10.1. The molecule has 8 nitrogen and oxygen atoms in total. The molecule has 0 bridgehead atoms. The number of rotatable bonds is 6. The molecule has 2 aliphatic rings. The van der Waals surface area contributed by atoms with Gasteiger partial charge in [-0.05, 0) is 43.2 Å². The highest BCUT2D eigenvalue weighted by molar-refractivity contribution is 5.95. The van der Waals surface area contributed by atoms with Gasteiger partial charge >= 0.3 is 0 Å². The summed E-state index contributed by atoms with van der Waals surface area (Å²) < 4.78 is 39.9. The van der Waals surface area contributed by atoms with Gasteiger partial charge in [-0.25, -0.2) is 23.4 Å². The number of hydrogen-bond acceptors (Lipinski definition) is 6. The van der Waals surface area contributed by atoms with E-state index in [1.54, 1.807) is 16.9 Å². The second-order valence-corrected chi connectivity index (χ2v) is 8.34. The number of benzene rings is 2. The van der Waals surface area contributed by atoms with Crippen LogP contribution in [0.15, 0.2) is 54.9 Å². The Labute approximate surface area is 198 Å². The van der Waals surface area contributed by atoms with Gasteiger partial charge in [-0.1, -0.05) is 12.1 Å². The molecular formula is C25H19F2N5O3. The fourth-order valence-electron chi connectivity index (χ4n) is 4.06. The third-order valence-electron chi connectivity index (χ3n) is 5.99. The van der Waals surface area contributed by atoms with Crippen LogP contribution in [0.5, 0.6) is 11.5 Å². The number of hydrogen-bond donors (Lipinski definition) is 1. The summed E-state index contributed by atoms with van der Waals surface area (Å²) in [7, 11) is 0. The summed E-state index contributed by atoms with van der Waals surface area (Å²) in [6.07, 6.45) is 4.91. The van der Waals surface area contributed by atoms with Gasteiger partial charge in [-0.15, -0.1) is 0 Å². The third kappa shape index (κ3) is 3.96. The fraction of sp³-hybridized carbons (Fsp3) is 0.200. The van der Waals surface area contributed by atoms with Crippen molar-refractivity contribution in [3.8, 4) is 28.7 Å². The molecule has 0 spiro atoms. The molecule has 0 radical (unpaired) electrons. The normalized spacial score (nSPS) is 14.2. The van der Waals surface area contributed by atoms with E-state index in [1.165, 1.54) is 18.3 Å². The summed E-state index contributed by atoms with van der Waals surface area (Å²) in [6, 6.07) is 11.2. The van der Waals surface area contributed by atoms with Crippen LogP contribution in [0.4, 0.5) is 8.78 Å². The molecule has 0 unspecified atom stereocenters. The van der Waals surface area contributed by atoms with E-state index in [2.05, 4.69) is 20.4 Å². The van der Waals surface area contributed by atoms with Crippen LogP contribution in [0.1, 0.15) is 40.4 Å². The van der Waals surface area contributed by atoms with Gasteiger partial charge in [0, 0.05) is 29.8 Å². The van der Waals surface area contributed by atoms with Crippen molar-refractivity contribution in [3.63, 3.8) is 0 Å². The van der Waals surface area contributed by atoms with Crippen LogP contribution < -0.4 is 14.8 Å². The molecule has 1 aliphatic heterocycles. The highest BCUT2D eigenvalue weighted by Crippen LogP contribution is 2.42. The monoisotopic (exact) mass is 475 g/mol. The molecule has 3 heterocycles. The van der Waals surface area contributed by atoms with E-state index < -0.39 is 17.5 Å². The number of amides is 1. The molecule has 2 aromatic carbocycles. The Kier molecular flexibility index (Phi) is 5.13. The van der Waals surface area contributed by atoms with Crippen LogP contribution in [0, 0.1) is 11.6 Å². The lowest BCUT2D eigenvalue weighted by Gasteiger charge is -2.10. The number of fused-ring (bicyclic) bond motifs is 1. The summed E-state index contributed by atoms with van der Waals surface area (Å²) in [5.74, 6) is -0.552. The molecule has 1 fully saturated rings. The maximum atomic E-state index is 14.0. The highest BCUT2D eigenvalue weighted by atomic mass is 19.2. The second kappa shape index (κ2) is 8.46. The zero-order valence-corrected chi connectivity index (χ0v) is 18.4. The highest BCUT2D eigenvalue weighted by Gasteiger charge is 2.33. The van der Waals surface area contributed by atoms with E-state index in [1.807, 2.05) is 18.2 Å². The molecule has 0 atom stereocenters. The van der Waals surface area contributed by atoms with Crippen molar-refractivity contribution in [1.29, 1.82) is 0 Å². The minimum Gasteiger partial charge on any atom is -0.454 e. The van der Waals surface area contributed by atoms with Gasteiger partial charge in [-0.3, -0.25) is 4.79 Å². The van der Waals surface area contributed by atoms with E-state index in [0.717, 1.165) is 24.5 Å². The summed E-state index contributed by atoms with van der Waals surface area (Å²) >= 11 is 0. The molecule has 4 aromatic rings. The molecule has 35 heavy (non-hydrogen) atoms. The minimum atomic E-state index is -0.973. The maximum Gasteiger partial charge on any atom is 0.255 e. The van der Waals surface area contributed by atoms with Gasteiger partial charge in [0.15, 0.2) is 23.1 Å². The average molecular weight is 475 g/mol. The van der Waals surface area contributed by atoms with Gasteiger partial charge in [-0.2, -0.15) is 5.10 Å². The Bertz CT molecular complexity index is 1450. The first-order valence-electron chi connectivity index (χ1n) is 11.1. The number of halogens is 2. The van der Waals surface area contributed by atoms with Gasteiger partial charge < -0.3 is 14.8 Å². The van der Waals surface area contributed by atoms with Crippen LogP contribution in [0.3, 0.4) is 0 Å². The van der Waals surface area contributed by atoms with E-state index in [9.17, 15) is 13.6 Å². The first-order chi connectivity index (χ1) is 17.1. The van der Waals surface area contributed by atoms with Crippen molar-refractivity contribution >= 4 is 5.91 Å². The third-order valence-corrected chi connectivity index (χ3v) is 5.99.